The van der Waals surface area contributed by atoms with Crippen LogP contribution in [0.25, 0.3) is 0 Å². The zero-order valence-corrected chi connectivity index (χ0v) is 16.1. The average Bonchev–Trinajstić information content (AvgIpc) is 2.46. The minimum Gasteiger partial charge on any atom is -0.512 e. The molecule has 0 aliphatic heterocycles. The van der Waals surface area contributed by atoms with Gasteiger partial charge in [-0.3, -0.25) is 0 Å². The van der Waals surface area contributed by atoms with Crippen LogP contribution in [-0.2, 0) is 0 Å². The molecule has 0 amide bonds. The predicted octanol–water partition coefficient (Wildman–Crippen LogP) is 6.09. The molecule has 0 N–H and O–H groups in total. The van der Waals surface area contributed by atoms with Gasteiger partial charge in [-0.05, 0) is 47.2 Å². The van der Waals surface area contributed by atoms with Crippen molar-refractivity contribution in [2.45, 2.75) is 52.6 Å². The Balaban J connectivity index is 2.12. The molecule has 0 bridgehead atoms. The highest BCUT2D eigenvalue weighted by Gasteiger charge is 2.29. The first-order chi connectivity index (χ1) is 10.8. The van der Waals surface area contributed by atoms with Crippen LogP contribution in [-0.4, -0.2) is 8.56 Å². The summed E-state index contributed by atoms with van der Waals surface area (Å²) in [5.41, 5.74) is 2.57. The Morgan fingerprint density at radius 1 is 0.696 bits per heavy atom. The molecule has 124 valence electrons. The summed E-state index contributed by atoms with van der Waals surface area (Å²) in [7, 11) is -2.30. The standard InChI is InChI=1S/C20H28O2Si/c1-15(2)17-9-7-11-19(13-17)21-23(5,6)22-20-12-8-10-18(14-20)16(3)4/h7-16H,1-6H3. The van der Waals surface area contributed by atoms with Crippen LogP contribution < -0.4 is 8.85 Å². The largest absolute Gasteiger partial charge is 0.512 e. The van der Waals surface area contributed by atoms with E-state index in [9.17, 15) is 0 Å². The number of hydrogen-bond donors (Lipinski definition) is 0. The fourth-order valence-electron chi connectivity index (χ4n) is 2.46. The molecule has 2 rings (SSSR count). The summed E-state index contributed by atoms with van der Waals surface area (Å²) in [4.78, 5) is 0. The Hall–Kier alpha value is -1.74. The fourth-order valence-corrected chi connectivity index (χ4v) is 3.89. The van der Waals surface area contributed by atoms with Crippen molar-refractivity contribution in [3.63, 3.8) is 0 Å². The summed E-state index contributed by atoms with van der Waals surface area (Å²) in [6, 6.07) is 16.6. The maximum absolute atomic E-state index is 6.21. The van der Waals surface area contributed by atoms with Crippen LogP contribution >= 0.6 is 0 Å². The summed E-state index contributed by atoms with van der Waals surface area (Å²) >= 11 is 0. The van der Waals surface area contributed by atoms with E-state index in [0.29, 0.717) is 11.8 Å². The summed E-state index contributed by atoms with van der Waals surface area (Å²) in [5, 5.41) is 0. The van der Waals surface area contributed by atoms with E-state index < -0.39 is 8.56 Å². The molecule has 0 radical (unpaired) electrons. The van der Waals surface area contributed by atoms with Crippen LogP contribution in [0, 0.1) is 0 Å². The second-order valence-electron chi connectivity index (χ2n) is 7.06. The molecule has 3 heteroatoms. The van der Waals surface area contributed by atoms with Crippen molar-refractivity contribution in [1.29, 1.82) is 0 Å². The normalized spacial score (nSPS) is 11.8. The molecule has 2 aromatic rings. The second kappa shape index (κ2) is 7.22. The van der Waals surface area contributed by atoms with E-state index in [4.69, 9.17) is 8.85 Å². The van der Waals surface area contributed by atoms with Crippen molar-refractivity contribution in [1.82, 2.24) is 0 Å². The van der Waals surface area contributed by atoms with Crippen molar-refractivity contribution in [2.24, 2.45) is 0 Å². The van der Waals surface area contributed by atoms with Gasteiger partial charge in [-0.25, -0.2) is 0 Å². The Morgan fingerprint density at radius 3 is 1.43 bits per heavy atom. The van der Waals surface area contributed by atoms with Gasteiger partial charge in [-0.15, -0.1) is 0 Å². The van der Waals surface area contributed by atoms with Crippen molar-refractivity contribution in [3.05, 3.63) is 59.7 Å². The second-order valence-corrected chi connectivity index (χ2v) is 10.3. The molecule has 2 aromatic carbocycles. The highest BCUT2D eigenvalue weighted by atomic mass is 28.4. The third-order valence-electron chi connectivity index (χ3n) is 3.78. The first kappa shape index (κ1) is 17.6. The van der Waals surface area contributed by atoms with Gasteiger partial charge in [0.1, 0.15) is 11.5 Å². The molecule has 0 aliphatic carbocycles. The zero-order valence-electron chi connectivity index (χ0n) is 15.1. The van der Waals surface area contributed by atoms with Gasteiger partial charge >= 0.3 is 8.56 Å². The van der Waals surface area contributed by atoms with Crippen molar-refractivity contribution < 1.29 is 8.85 Å². The SMILES string of the molecule is CC(C)c1cccc(O[Si](C)(C)Oc2cccc(C(C)C)c2)c1. The van der Waals surface area contributed by atoms with Gasteiger partial charge in [-0.1, -0.05) is 52.0 Å². The van der Waals surface area contributed by atoms with Crippen LogP contribution in [0.1, 0.15) is 50.7 Å². The third-order valence-corrected chi connectivity index (χ3v) is 5.23. The lowest BCUT2D eigenvalue weighted by atomic mass is 10.0. The van der Waals surface area contributed by atoms with Gasteiger partial charge < -0.3 is 8.85 Å². The molecule has 0 fully saturated rings. The summed E-state index contributed by atoms with van der Waals surface area (Å²) < 4.78 is 12.4. The minimum absolute atomic E-state index is 0.493. The van der Waals surface area contributed by atoms with Crippen molar-refractivity contribution in [2.75, 3.05) is 0 Å². The number of benzene rings is 2. The average molecular weight is 329 g/mol. The molecular formula is C20H28O2Si. The lowest BCUT2D eigenvalue weighted by Crippen LogP contribution is -2.41. The zero-order chi connectivity index (χ0) is 17.0. The lowest BCUT2D eigenvalue weighted by Gasteiger charge is -2.25. The highest BCUT2D eigenvalue weighted by molar-refractivity contribution is 6.66. The van der Waals surface area contributed by atoms with Crippen LogP contribution in [0.2, 0.25) is 13.1 Å². The predicted molar refractivity (Wildman–Crippen MR) is 99.8 cm³/mol. The molecule has 2 nitrogen and oxygen atoms in total. The molecule has 0 aliphatic rings. The first-order valence-electron chi connectivity index (χ1n) is 8.35. The van der Waals surface area contributed by atoms with Gasteiger partial charge in [0.15, 0.2) is 0 Å². The molecule has 23 heavy (non-hydrogen) atoms. The van der Waals surface area contributed by atoms with E-state index >= 15 is 0 Å². The molecule has 0 saturated carbocycles. The molecule has 0 spiro atoms. The molecular weight excluding hydrogens is 300 g/mol. The summed E-state index contributed by atoms with van der Waals surface area (Å²) in [5.74, 6) is 2.78. The molecule has 0 unspecified atom stereocenters. The van der Waals surface area contributed by atoms with Gasteiger partial charge in [-0.2, -0.15) is 0 Å². The highest BCUT2D eigenvalue weighted by Crippen LogP contribution is 2.26. The maximum atomic E-state index is 6.21. The van der Waals surface area contributed by atoms with Crippen LogP contribution in [0.15, 0.2) is 48.5 Å². The monoisotopic (exact) mass is 328 g/mol. The van der Waals surface area contributed by atoms with Crippen molar-refractivity contribution in [3.8, 4) is 11.5 Å². The quantitative estimate of drug-likeness (QED) is 0.597. The van der Waals surface area contributed by atoms with Gasteiger partial charge in [0.2, 0.25) is 0 Å². The number of hydrogen-bond acceptors (Lipinski definition) is 2. The van der Waals surface area contributed by atoms with E-state index in [2.05, 4.69) is 77.2 Å². The molecule has 0 atom stereocenters. The lowest BCUT2D eigenvalue weighted by molar-refractivity contribution is 0.399. The molecule has 0 heterocycles. The Bertz CT molecular complexity index is 592. The molecule has 0 saturated heterocycles. The van der Waals surface area contributed by atoms with Crippen LogP contribution in [0.5, 0.6) is 11.5 Å². The third kappa shape index (κ3) is 5.14. The summed E-state index contributed by atoms with van der Waals surface area (Å²) in [6.45, 7) is 12.9. The minimum atomic E-state index is -2.30. The van der Waals surface area contributed by atoms with E-state index in [1.807, 2.05) is 12.1 Å². The van der Waals surface area contributed by atoms with E-state index in [1.165, 1.54) is 11.1 Å². The van der Waals surface area contributed by atoms with E-state index in [1.54, 1.807) is 0 Å². The van der Waals surface area contributed by atoms with Gasteiger partial charge in [0.25, 0.3) is 0 Å². The Kier molecular flexibility index (Phi) is 5.53. The summed E-state index contributed by atoms with van der Waals surface area (Å²) in [6.07, 6.45) is 0. The van der Waals surface area contributed by atoms with Crippen LogP contribution in [0.4, 0.5) is 0 Å². The fraction of sp³-hybridized carbons (Fsp3) is 0.400. The van der Waals surface area contributed by atoms with Crippen LogP contribution in [0.3, 0.4) is 0 Å². The topological polar surface area (TPSA) is 18.5 Å². The first-order valence-corrected chi connectivity index (χ1v) is 11.2. The van der Waals surface area contributed by atoms with Crippen molar-refractivity contribution >= 4 is 8.56 Å². The van der Waals surface area contributed by atoms with E-state index in [-0.39, 0.29) is 0 Å². The maximum Gasteiger partial charge on any atom is 0.454 e. The Morgan fingerprint density at radius 2 is 1.09 bits per heavy atom. The Labute approximate surface area is 141 Å². The number of rotatable bonds is 6. The van der Waals surface area contributed by atoms with E-state index in [0.717, 1.165) is 11.5 Å². The molecule has 0 aromatic heterocycles. The smallest absolute Gasteiger partial charge is 0.454 e. The van der Waals surface area contributed by atoms with Gasteiger partial charge in [0.05, 0.1) is 0 Å². The van der Waals surface area contributed by atoms with Gasteiger partial charge in [0, 0.05) is 13.1 Å².